The Balaban J connectivity index is 3.88. The zero-order chi connectivity index (χ0) is 10.8. The fourth-order valence-corrected chi connectivity index (χ4v) is 1.46. The molecule has 0 aliphatic rings. The molecule has 0 heterocycles. The molecule has 0 aliphatic carbocycles. The van der Waals surface area contributed by atoms with Crippen LogP contribution in [0.4, 0.5) is 4.79 Å². The summed E-state index contributed by atoms with van der Waals surface area (Å²) in [5, 5.41) is 0. The maximum Gasteiger partial charge on any atom is 0.409 e. The fraction of sp³-hybridized carbons (Fsp3) is 0.900. The Kier molecular flexibility index (Phi) is 8.94. The van der Waals surface area contributed by atoms with Gasteiger partial charge in [0.2, 0.25) is 0 Å². The Morgan fingerprint density at radius 3 is 2.57 bits per heavy atom. The summed E-state index contributed by atoms with van der Waals surface area (Å²) in [6, 6.07) is 0. The summed E-state index contributed by atoms with van der Waals surface area (Å²) in [7, 11) is 0. The van der Waals surface area contributed by atoms with E-state index >= 15 is 0 Å². The third-order valence-electron chi connectivity index (χ3n) is 1.87. The first kappa shape index (κ1) is 13.6. The van der Waals surface area contributed by atoms with Crippen LogP contribution in [0.3, 0.4) is 0 Å². The minimum atomic E-state index is -0.171. The van der Waals surface area contributed by atoms with E-state index in [2.05, 4.69) is 6.92 Å². The number of hydrogen-bond donors (Lipinski definition) is 0. The number of thioether (sulfide) groups is 1. The highest BCUT2D eigenvalue weighted by Crippen LogP contribution is 2.01. The van der Waals surface area contributed by atoms with Gasteiger partial charge in [-0.25, -0.2) is 4.79 Å². The van der Waals surface area contributed by atoms with Crippen LogP contribution in [0.25, 0.3) is 0 Å². The minimum Gasteiger partial charge on any atom is -0.450 e. The largest absolute Gasteiger partial charge is 0.450 e. The number of ether oxygens (including phenoxy) is 1. The Hall–Kier alpha value is -0.380. The molecule has 0 aromatic heterocycles. The summed E-state index contributed by atoms with van der Waals surface area (Å²) < 4.78 is 4.98. The molecule has 1 amide bonds. The Morgan fingerprint density at radius 2 is 2.07 bits per heavy atom. The van der Waals surface area contributed by atoms with Crippen molar-refractivity contribution >= 4 is 17.9 Å². The Morgan fingerprint density at radius 1 is 1.36 bits per heavy atom. The lowest BCUT2D eigenvalue weighted by Crippen LogP contribution is -2.34. The maximum atomic E-state index is 11.4. The first-order valence-corrected chi connectivity index (χ1v) is 6.56. The maximum absolute atomic E-state index is 11.4. The van der Waals surface area contributed by atoms with Crippen LogP contribution in [0.1, 0.15) is 26.7 Å². The van der Waals surface area contributed by atoms with E-state index in [9.17, 15) is 4.79 Å². The van der Waals surface area contributed by atoms with Crippen LogP contribution in [0, 0.1) is 0 Å². The molecule has 84 valence electrons. The van der Waals surface area contributed by atoms with Crippen molar-refractivity contribution in [2.75, 3.05) is 31.7 Å². The molecule has 4 heteroatoms. The minimum absolute atomic E-state index is 0.171. The molecule has 0 unspecified atom stereocenters. The third kappa shape index (κ3) is 6.13. The van der Waals surface area contributed by atoms with Gasteiger partial charge in [-0.05, 0) is 19.6 Å². The van der Waals surface area contributed by atoms with Crippen LogP contribution < -0.4 is 0 Å². The molecule has 0 spiro atoms. The first-order valence-electron chi connectivity index (χ1n) is 5.16. The molecule has 0 aromatic carbocycles. The number of nitrogens with zero attached hydrogens (tertiary/aromatic N) is 1. The summed E-state index contributed by atoms with van der Waals surface area (Å²) in [5.74, 6) is 0.975. The van der Waals surface area contributed by atoms with Gasteiger partial charge in [0.25, 0.3) is 0 Å². The van der Waals surface area contributed by atoms with Gasteiger partial charge in [0.15, 0.2) is 0 Å². The molecular weight excluding hydrogens is 198 g/mol. The zero-order valence-electron chi connectivity index (χ0n) is 9.41. The van der Waals surface area contributed by atoms with Crippen molar-refractivity contribution in [1.82, 2.24) is 4.90 Å². The van der Waals surface area contributed by atoms with E-state index in [4.69, 9.17) is 4.74 Å². The van der Waals surface area contributed by atoms with E-state index in [1.54, 1.807) is 16.7 Å². The van der Waals surface area contributed by atoms with E-state index < -0.39 is 0 Å². The van der Waals surface area contributed by atoms with Gasteiger partial charge in [0.1, 0.15) is 0 Å². The average molecular weight is 219 g/mol. The summed E-state index contributed by atoms with van der Waals surface area (Å²) in [4.78, 5) is 13.2. The molecule has 0 saturated carbocycles. The van der Waals surface area contributed by atoms with Crippen LogP contribution in [0.2, 0.25) is 0 Å². The molecule has 0 fully saturated rings. The van der Waals surface area contributed by atoms with Crippen molar-refractivity contribution in [2.24, 2.45) is 0 Å². The van der Waals surface area contributed by atoms with Gasteiger partial charge in [-0.3, -0.25) is 0 Å². The standard InChI is InChI=1S/C10H21NO2S/c1-4-6-7-11(8-9-14-3)10(12)13-5-2/h4-9H2,1-3H3. The molecule has 3 nitrogen and oxygen atoms in total. The van der Waals surface area contributed by atoms with Gasteiger partial charge >= 0.3 is 6.09 Å². The number of rotatable bonds is 7. The Labute approximate surface area is 91.2 Å². The van der Waals surface area contributed by atoms with Gasteiger partial charge in [-0.1, -0.05) is 13.3 Å². The van der Waals surface area contributed by atoms with Gasteiger partial charge in [-0.15, -0.1) is 0 Å². The number of carbonyl (C=O) groups excluding carboxylic acids is 1. The summed E-state index contributed by atoms with van der Waals surface area (Å²) >= 11 is 1.75. The number of hydrogen-bond acceptors (Lipinski definition) is 3. The van der Waals surface area contributed by atoms with Crippen molar-refractivity contribution in [2.45, 2.75) is 26.7 Å². The van der Waals surface area contributed by atoms with Crippen molar-refractivity contribution in [3.8, 4) is 0 Å². The molecule has 0 aromatic rings. The molecule has 14 heavy (non-hydrogen) atoms. The van der Waals surface area contributed by atoms with Crippen molar-refractivity contribution < 1.29 is 9.53 Å². The normalized spacial score (nSPS) is 9.93. The predicted octanol–water partition coefficient (Wildman–Crippen LogP) is 2.61. The lowest BCUT2D eigenvalue weighted by Gasteiger charge is -2.20. The summed E-state index contributed by atoms with van der Waals surface area (Å²) in [6.07, 6.45) is 4.03. The molecule has 0 rings (SSSR count). The lowest BCUT2D eigenvalue weighted by atomic mass is 10.3. The van der Waals surface area contributed by atoms with Gasteiger partial charge in [0, 0.05) is 18.8 Å². The van der Waals surface area contributed by atoms with Crippen molar-refractivity contribution in [3.05, 3.63) is 0 Å². The smallest absolute Gasteiger partial charge is 0.409 e. The average Bonchev–Trinajstić information content (AvgIpc) is 2.18. The monoisotopic (exact) mass is 219 g/mol. The number of amides is 1. The van der Waals surface area contributed by atoms with E-state index in [0.717, 1.165) is 31.7 Å². The molecular formula is C10H21NO2S. The number of unbranched alkanes of at least 4 members (excludes halogenated alkanes) is 1. The van der Waals surface area contributed by atoms with Crippen LogP contribution in [-0.4, -0.2) is 42.7 Å². The molecule has 0 saturated heterocycles. The quantitative estimate of drug-likeness (QED) is 0.659. The van der Waals surface area contributed by atoms with Gasteiger partial charge in [0.05, 0.1) is 6.61 Å². The Bertz CT molecular complexity index is 145. The zero-order valence-corrected chi connectivity index (χ0v) is 10.2. The van der Waals surface area contributed by atoms with Crippen molar-refractivity contribution in [1.29, 1.82) is 0 Å². The van der Waals surface area contributed by atoms with E-state index in [-0.39, 0.29) is 6.09 Å². The van der Waals surface area contributed by atoms with E-state index in [1.807, 2.05) is 13.2 Å². The fourth-order valence-electron chi connectivity index (χ4n) is 1.06. The summed E-state index contributed by atoms with van der Waals surface area (Å²) in [5.41, 5.74) is 0. The van der Waals surface area contributed by atoms with Crippen LogP contribution >= 0.6 is 11.8 Å². The second-order valence-electron chi connectivity index (χ2n) is 3.03. The van der Waals surface area contributed by atoms with E-state index in [1.165, 1.54) is 0 Å². The highest BCUT2D eigenvalue weighted by Gasteiger charge is 2.12. The molecule has 0 atom stereocenters. The predicted molar refractivity (Wildman–Crippen MR) is 61.9 cm³/mol. The second kappa shape index (κ2) is 9.19. The van der Waals surface area contributed by atoms with Crippen LogP contribution in [-0.2, 0) is 4.74 Å². The SMILES string of the molecule is CCCCN(CCSC)C(=O)OCC. The lowest BCUT2D eigenvalue weighted by molar-refractivity contribution is 0.109. The molecule has 0 radical (unpaired) electrons. The molecule has 0 bridgehead atoms. The summed E-state index contributed by atoms with van der Waals surface area (Å²) in [6.45, 7) is 6.03. The topological polar surface area (TPSA) is 29.5 Å². The highest BCUT2D eigenvalue weighted by atomic mass is 32.2. The number of carbonyl (C=O) groups is 1. The second-order valence-corrected chi connectivity index (χ2v) is 4.02. The van der Waals surface area contributed by atoms with Gasteiger partial charge < -0.3 is 9.64 Å². The highest BCUT2D eigenvalue weighted by molar-refractivity contribution is 7.98. The van der Waals surface area contributed by atoms with E-state index in [0.29, 0.717) is 6.61 Å². The third-order valence-corrected chi connectivity index (χ3v) is 2.46. The molecule has 0 aliphatic heterocycles. The molecule has 0 N–H and O–H groups in total. The van der Waals surface area contributed by atoms with Crippen LogP contribution in [0.5, 0.6) is 0 Å². The van der Waals surface area contributed by atoms with Crippen LogP contribution in [0.15, 0.2) is 0 Å². The van der Waals surface area contributed by atoms with Crippen molar-refractivity contribution in [3.63, 3.8) is 0 Å². The van der Waals surface area contributed by atoms with Gasteiger partial charge in [-0.2, -0.15) is 11.8 Å². The first-order chi connectivity index (χ1) is 6.76.